The Balaban J connectivity index is 2.11. The number of carbonyl (C=O) groups excluding carboxylic acids is 1. The number of hydrogen-bond acceptors (Lipinski definition) is 1. The lowest BCUT2D eigenvalue weighted by atomic mass is 10.1. The highest BCUT2D eigenvalue weighted by atomic mass is 35.5. The number of carbonyl (C=O) groups is 1. The molecular weight excluding hydrogens is 172 g/mol. The maximum Gasteiger partial charge on any atom is 0.225 e. The van der Waals surface area contributed by atoms with Gasteiger partial charge in [0.25, 0.3) is 0 Å². The van der Waals surface area contributed by atoms with Gasteiger partial charge < -0.3 is 0 Å². The first kappa shape index (κ1) is 7.81. The quantitative estimate of drug-likeness (QED) is 0.640. The summed E-state index contributed by atoms with van der Waals surface area (Å²) < 4.78 is 0. The van der Waals surface area contributed by atoms with Crippen LogP contribution in [0.3, 0.4) is 0 Å². The van der Waals surface area contributed by atoms with E-state index in [1.807, 2.05) is 30.3 Å². The van der Waals surface area contributed by atoms with Gasteiger partial charge in [-0.2, -0.15) is 0 Å². The highest BCUT2D eigenvalue weighted by molar-refractivity contribution is 6.64. The molecule has 0 bridgehead atoms. The van der Waals surface area contributed by atoms with E-state index in [2.05, 4.69) is 0 Å². The third kappa shape index (κ3) is 1.37. The minimum absolute atomic E-state index is 0.0778. The Morgan fingerprint density at radius 1 is 1.33 bits per heavy atom. The molecule has 2 unspecified atom stereocenters. The summed E-state index contributed by atoms with van der Waals surface area (Å²) in [5, 5.41) is -0.191. The lowest BCUT2D eigenvalue weighted by molar-refractivity contribution is -0.112. The van der Waals surface area contributed by atoms with Crippen LogP contribution >= 0.6 is 11.6 Å². The van der Waals surface area contributed by atoms with Crippen molar-refractivity contribution in [3.05, 3.63) is 35.9 Å². The molecule has 1 aromatic rings. The fourth-order valence-electron chi connectivity index (χ4n) is 1.51. The molecule has 0 N–H and O–H groups in total. The second-order valence-electron chi connectivity index (χ2n) is 3.16. The van der Waals surface area contributed by atoms with Crippen LogP contribution in [0.1, 0.15) is 17.9 Å². The molecule has 62 valence electrons. The molecule has 1 fully saturated rings. The van der Waals surface area contributed by atoms with E-state index in [-0.39, 0.29) is 11.2 Å². The van der Waals surface area contributed by atoms with E-state index in [4.69, 9.17) is 11.6 Å². The zero-order valence-corrected chi connectivity index (χ0v) is 7.29. The first-order valence-electron chi connectivity index (χ1n) is 4.03. The van der Waals surface area contributed by atoms with Gasteiger partial charge in [-0.05, 0) is 29.5 Å². The van der Waals surface area contributed by atoms with Crippen LogP contribution in [0.25, 0.3) is 0 Å². The molecule has 0 amide bonds. The van der Waals surface area contributed by atoms with Gasteiger partial charge in [0.15, 0.2) is 0 Å². The number of rotatable bonds is 2. The van der Waals surface area contributed by atoms with Crippen LogP contribution in [0.15, 0.2) is 30.3 Å². The zero-order chi connectivity index (χ0) is 8.55. The van der Waals surface area contributed by atoms with E-state index in [0.717, 1.165) is 6.42 Å². The summed E-state index contributed by atoms with van der Waals surface area (Å²) >= 11 is 5.38. The summed E-state index contributed by atoms with van der Waals surface area (Å²) in [6.07, 6.45) is 0.923. The molecule has 0 aromatic heterocycles. The van der Waals surface area contributed by atoms with Crippen molar-refractivity contribution >= 4 is 16.8 Å². The SMILES string of the molecule is O=C(Cl)C1CC1c1ccccc1. The molecule has 1 nitrogen and oxygen atoms in total. The van der Waals surface area contributed by atoms with E-state index in [1.54, 1.807) is 0 Å². The van der Waals surface area contributed by atoms with Crippen molar-refractivity contribution in [3.63, 3.8) is 0 Å². The highest BCUT2D eigenvalue weighted by Gasteiger charge is 2.42. The van der Waals surface area contributed by atoms with Gasteiger partial charge in [-0.15, -0.1) is 0 Å². The molecule has 0 aliphatic heterocycles. The van der Waals surface area contributed by atoms with Crippen LogP contribution in [0.4, 0.5) is 0 Å². The smallest absolute Gasteiger partial charge is 0.225 e. The predicted molar refractivity (Wildman–Crippen MR) is 48.2 cm³/mol. The zero-order valence-electron chi connectivity index (χ0n) is 6.53. The topological polar surface area (TPSA) is 17.1 Å². The minimum atomic E-state index is -0.191. The van der Waals surface area contributed by atoms with Crippen molar-refractivity contribution in [1.82, 2.24) is 0 Å². The third-order valence-corrected chi connectivity index (χ3v) is 2.59. The first-order valence-corrected chi connectivity index (χ1v) is 4.41. The van der Waals surface area contributed by atoms with Crippen LogP contribution in [0.5, 0.6) is 0 Å². The number of hydrogen-bond donors (Lipinski definition) is 0. The van der Waals surface area contributed by atoms with E-state index >= 15 is 0 Å². The van der Waals surface area contributed by atoms with Gasteiger partial charge >= 0.3 is 0 Å². The molecule has 1 aliphatic carbocycles. The van der Waals surface area contributed by atoms with Crippen molar-refractivity contribution < 1.29 is 4.79 Å². The molecule has 0 spiro atoms. The minimum Gasteiger partial charge on any atom is -0.281 e. The van der Waals surface area contributed by atoms with Crippen molar-refractivity contribution in [2.45, 2.75) is 12.3 Å². The standard InChI is InChI=1S/C10H9ClO/c11-10(12)9-6-8(9)7-4-2-1-3-5-7/h1-5,8-9H,6H2. The number of halogens is 1. The van der Waals surface area contributed by atoms with Gasteiger partial charge in [-0.1, -0.05) is 30.3 Å². The third-order valence-electron chi connectivity index (χ3n) is 2.31. The Kier molecular flexibility index (Phi) is 1.89. The number of benzene rings is 1. The Bertz CT molecular complexity index is 294. The van der Waals surface area contributed by atoms with Crippen LogP contribution in [-0.4, -0.2) is 5.24 Å². The first-order chi connectivity index (χ1) is 5.79. The molecular formula is C10H9ClO. The summed E-state index contributed by atoms with van der Waals surface area (Å²) in [4.78, 5) is 10.8. The largest absolute Gasteiger partial charge is 0.281 e. The van der Waals surface area contributed by atoms with Gasteiger partial charge in [0, 0.05) is 5.92 Å². The normalized spacial score (nSPS) is 26.8. The fourth-order valence-corrected chi connectivity index (χ4v) is 1.76. The molecule has 0 saturated heterocycles. The van der Waals surface area contributed by atoms with Crippen LogP contribution < -0.4 is 0 Å². The highest BCUT2D eigenvalue weighted by Crippen LogP contribution is 2.48. The monoisotopic (exact) mass is 180 g/mol. The van der Waals surface area contributed by atoms with Gasteiger partial charge in [-0.25, -0.2) is 0 Å². The Hall–Kier alpha value is -0.820. The lowest BCUT2D eigenvalue weighted by Crippen LogP contribution is -1.90. The predicted octanol–water partition coefficient (Wildman–Crippen LogP) is 2.56. The second-order valence-corrected chi connectivity index (χ2v) is 3.54. The molecule has 2 heteroatoms. The molecule has 1 aromatic carbocycles. The fraction of sp³-hybridized carbons (Fsp3) is 0.300. The summed E-state index contributed by atoms with van der Waals surface area (Å²) in [5.41, 5.74) is 1.23. The van der Waals surface area contributed by atoms with E-state index in [0.29, 0.717) is 5.92 Å². The van der Waals surface area contributed by atoms with Crippen molar-refractivity contribution in [1.29, 1.82) is 0 Å². The van der Waals surface area contributed by atoms with Crippen molar-refractivity contribution in [2.75, 3.05) is 0 Å². The van der Waals surface area contributed by atoms with Gasteiger partial charge in [-0.3, -0.25) is 4.79 Å². The molecule has 12 heavy (non-hydrogen) atoms. The lowest BCUT2D eigenvalue weighted by Gasteiger charge is -1.95. The molecule has 1 aliphatic rings. The Labute approximate surface area is 76.4 Å². The van der Waals surface area contributed by atoms with Gasteiger partial charge in [0.1, 0.15) is 0 Å². The van der Waals surface area contributed by atoms with Crippen LogP contribution in [0, 0.1) is 5.92 Å². The van der Waals surface area contributed by atoms with Crippen molar-refractivity contribution in [3.8, 4) is 0 Å². The Morgan fingerprint density at radius 3 is 2.50 bits per heavy atom. The summed E-state index contributed by atoms with van der Waals surface area (Å²) in [5.74, 6) is 0.463. The molecule has 2 atom stereocenters. The average molecular weight is 181 g/mol. The molecule has 0 radical (unpaired) electrons. The van der Waals surface area contributed by atoms with Gasteiger partial charge in [0.05, 0.1) is 0 Å². The van der Waals surface area contributed by atoms with Gasteiger partial charge in [0.2, 0.25) is 5.24 Å². The maximum atomic E-state index is 10.8. The molecule has 2 rings (SSSR count). The van der Waals surface area contributed by atoms with Crippen molar-refractivity contribution in [2.24, 2.45) is 5.92 Å². The second kappa shape index (κ2) is 2.91. The Morgan fingerprint density at radius 2 is 2.00 bits per heavy atom. The molecule has 0 heterocycles. The van der Waals surface area contributed by atoms with Crippen LogP contribution in [0.2, 0.25) is 0 Å². The van der Waals surface area contributed by atoms with E-state index in [1.165, 1.54) is 5.56 Å². The summed E-state index contributed by atoms with van der Waals surface area (Å²) in [7, 11) is 0. The van der Waals surface area contributed by atoms with E-state index < -0.39 is 0 Å². The summed E-state index contributed by atoms with van der Waals surface area (Å²) in [6.45, 7) is 0. The van der Waals surface area contributed by atoms with Crippen LogP contribution in [-0.2, 0) is 4.79 Å². The average Bonchev–Trinajstić information content (AvgIpc) is 2.84. The molecule has 1 saturated carbocycles. The maximum absolute atomic E-state index is 10.8. The van der Waals surface area contributed by atoms with E-state index in [9.17, 15) is 4.79 Å². The summed E-state index contributed by atoms with van der Waals surface area (Å²) in [6, 6.07) is 10.0.